The molecule has 1 N–H and O–H groups in total. The standard InChI is InChI=1S/C13H14ClN3O/c1-2-15-7-10-8-16-13(17-9-10)18-12-5-3-4-11(14)6-12/h3-6,8-9,15H,2,7H2,1H3. The predicted molar refractivity (Wildman–Crippen MR) is 70.9 cm³/mol. The molecule has 0 aliphatic heterocycles. The number of hydrogen-bond acceptors (Lipinski definition) is 4. The second kappa shape index (κ2) is 6.33. The lowest BCUT2D eigenvalue weighted by Gasteiger charge is -2.05. The van der Waals surface area contributed by atoms with Crippen molar-refractivity contribution in [1.82, 2.24) is 15.3 Å². The molecule has 1 aromatic heterocycles. The maximum atomic E-state index is 5.86. The van der Waals surface area contributed by atoms with Crippen LogP contribution in [0.3, 0.4) is 0 Å². The molecule has 0 bridgehead atoms. The molecule has 2 rings (SSSR count). The second-order valence-corrected chi connectivity index (χ2v) is 4.15. The molecule has 0 unspecified atom stereocenters. The largest absolute Gasteiger partial charge is 0.424 e. The lowest BCUT2D eigenvalue weighted by molar-refractivity contribution is 0.440. The van der Waals surface area contributed by atoms with E-state index >= 15 is 0 Å². The van der Waals surface area contributed by atoms with Gasteiger partial charge in [0, 0.05) is 29.5 Å². The molecule has 94 valence electrons. The third-order valence-electron chi connectivity index (χ3n) is 2.27. The van der Waals surface area contributed by atoms with E-state index in [0.717, 1.165) is 18.7 Å². The molecule has 0 aliphatic rings. The van der Waals surface area contributed by atoms with Crippen LogP contribution < -0.4 is 10.1 Å². The van der Waals surface area contributed by atoms with E-state index in [2.05, 4.69) is 22.2 Å². The Morgan fingerprint density at radius 3 is 2.72 bits per heavy atom. The van der Waals surface area contributed by atoms with Crippen molar-refractivity contribution in [3.05, 3.63) is 47.2 Å². The first-order chi connectivity index (χ1) is 8.78. The lowest BCUT2D eigenvalue weighted by Crippen LogP contribution is -2.12. The zero-order valence-electron chi connectivity index (χ0n) is 10.1. The Labute approximate surface area is 111 Å². The normalized spacial score (nSPS) is 10.3. The van der Waals surface area contributed by atoms with E-state index in [1.54, 1.807) is 24.5 Å². The van der Waals surface area contributed by atoms with E-state index in [-0.39, 0.29) is 0 Å². The third kappa shape index (κ3) is 3.68. The van der Waals surface area contributed by atoms with Gasteiger partial charge >= 0.3 is 6.01 Å². The maximum Gasteiger partial charge on any atom is 0.321 e. The van der Waals surface area contributed by atoms with E-state index in [1.165, 1.54) is 0 Å². The Morgan fingerprint density at radius 1 is 1.28 bits per heavy atom. The number of halogens is 1. The highest BCUT2D eigenvalue weighted by atomic mass is 35.5. The summed E-state index contributed by atoms with van der Waals surface area (Å²) in [5.74, 6) is 0.627. The van der Waals surface area contributed by atoms with Crippen LogP contribution in [0.2, 0.25) is 5.02 Å². The SMILES string of the molecule is CCNCc1cnc(Oc2cccc(Cl)c2)nc1. The summed E-state index contributed by atoms with van der Waals surface area (Å²) in [7, 11) is 0. The summed E-state index contributed by atoms with van der Waals surface area (Å²) in [5, 5.41) is 3.82. The number of benzene rings is 1. The minimum absolute atomic E-state index is 0.317. The van der Waals surface area contributed by atoms with Crippen molar-refractivity contribution in [1.29, 1.82) is 0 Å². The van der Waals surface area contributed by atoms with Gasteiger partial charge < -0.3 is 10.1 Å². The van der Waals surface area contributed by atoms with Gasteiger partial charge in [-0.2, -0.15) is 0 Å². The van der Waals surface area contributed by atoms with Gasteiger partial charge in [-0.1, -0.05) is 24.6 Å². The Hall–Kier alpha value is -1.65. The number of rotatable bonds is 5. The Kier molecular flexibility index (Phi) is 4.50. The van der Waals surface area contributed by atoms with Gasteiger partial charge in [0.15, 0.2) is 0 Å². The third-order valence-corrected chi connectivity index (χ3v) is 2.50. The molecule has 0 atom stereocenters. The average molecular weight is 264 g/mol. The van der Waals surface area contributed by atoms with Crippen LogP contribution in [-0.2, 0) is 6.54 Å². The van der Waals surface area contributed by atoms with Gasteiger partial charge in [-0.05, 0) is 24.7 Å². The summed E-state index contributed by atoms with van der Waals surface area (Å²) in [6.45, 7) is 3.73. The molecule has 18 heavy (non-hydrogen) atoms. The van der Waals surface area contributed by atoms with Crippen LogP contribution in [0.5, 0.6) is 11.8 Å². The Bertz CT molecular complexity index is 502. The number of nitrogens with one attached hydrogen (secondary N) is 1. The first kappa shape index (κ1) is 12.8. The van der Waals surface area contributed by atoms with E-state index < -0.39 is 0 Å². The van der Waals surface area contributed by atoms with Gasteiger partial charge in [0.1, 0.15) is 5.75 Å². The first-order valence-electron chi connectivity index (χ1n) is 5.73. The zero-order valence-corrected chi connectivity index (χ0v) is 10.8. The molecule has 0 aliphatic carbocycles. The summed E-state index contributed by atoms with van der Waals surface area (Å²) >= 11 is 5.86. The highest BCUT2D eigenvalue weighted by Crippen LogP contribution is 2.21. The van der Waals surface area contributed by atoms with Crippen LogP contribution in [-0.4, -0.2) is 16.5 Å². The highest BCUT2D eigenvalue weighted by Gasteiger charge is 2.01. The second-order valence-electron chi connectivity index (χ2n) is 3.71. The zero-order chi connectivity index (χ0) is 12.8. The molecule has 0 saturated heterocycles. The quantitative estimate of drug-likeness (QED) is 0.901. The molecule has 1 heterocycles. The smallest absolute Gasteiger partial charge is 0.321 e. The van der Waals surface area contributed by atoms with Crippen molar-refractivity contribution in [3.63, 3.8) is 0 Å². The number of ether oxygens (including phenoxy) is 1. The van der Waals surface area contributed by atoms with Gasteiger partial charge in [0.2, 0.25) is 0 Å². The first-order valence-corrected chi connectivity index (χ1v) is 6.11. The molecule has 0 spiro atoms. The maximum absolute atomic E-state index is 5.86. The molecule has 0 radical (unpaired) electrons. The average Bonchev–Trinajstić information content (AvgIpc) is 2.38. The summed E-state index contributed by atoms with van der Waals surface area (Å²) in [6, 6.07) is 7.45. The van der Waals surface area contributed by atoms with Gasteiger partial charge in [-0.25, -0.2) is 9.97 Å². The minimum atomic E-state index is 0.317. The van der Waals surface area contributed by atoms with Gasteiger partial charge in [0.25, 0.3) is 0 Å². The number of nitrogens with zero attached hydrogens (tertiary/aromatic N) is 2. The van der Waals surface area contributed by atoms with E-state index in [9.17, 15) is 0 Å². The summed E-state index contributed by atoms with van der Waals surface area (Å²) in [5.41, 5.74) is 1.02. The predicted octanol–water partition coefficient (Wildman–Crippen LogP) is 3.03. The Morgan fingerprint density at radius 2 is 2.06 bits per heavy atom. The van der Waals surface area contributed by atoms with Crippen LogP contribution in [0.4, 0.5) is 0 Å². The summed E-state index contributed by atoms with van der Waals surface area (Å²) < 4.78 is 5.49. The molecular weight excluding hydrogens is 250 g/mol. The molecule has 0 fully saturated rings. The summed E-state index contributed by atoms with van der Waals surface area (Å²) in [6.07, 6.45) is 3.49. The molecule has 4 nitrogen and oxygen atoms in total. The topological polar surface area (TPSA) is 47.0 Å². The van der Waals surface area contributed by atoms with Crippen LogP contribution in [0.1, 0.15) is 12.5 Å². The van der Waals surface area contributed by atoms with Crippen molar-refractivity contribution >= 4 is 11.6 Å². The van der Waals surface area contributed by atoms with Gasteiger partial charge in [-0.3, -0.25) is 0 Å². The fourth-order valence-electron chi connectivity index (χ4n) is 1.39. The molecular formula is C13H14ClN3O. The van der Waals surface area contributed by atoms with Crippen molar-refractivity contribution in [2.75, 3.05) is 6.54 Å². The monoisotopic (exact) mass is 263 g/mol. The van der Waals surface area contributed by atoms with Crippen molar-refractivity contribution in [2.45, 2.75) is 13.5 Å². The molecule has 0 saturated carbocycles. The van der Waals surface area contributed by atoms with Crippen LogP contribution in [0.25, 0.3) is 0 Å². The molecule has 1 aromatic carbocycles. The van der Waals surface area contributed by atoms with Crippen LogP contribution >= 0.6 is 11.6 Å². The summed E-state index contributed by atoms with van der Waals surface area (Å²) in [4.78, 5) is 8.28. The van der Waals surface area contributed by atoms with Gasteiger partial charge in [0.05, 0.1) is 0 Å². The molecule has 5 heteroatoms. The number of aromatic nitrogens is 2. The van der Waals surface area contributed by atoms with E-state index in [0.29, 0.717) is 16.8 Å². The van der Waals surface area contributed by atoms with E-state index in [1.807, 2.05) is 12.1 Å². The fraction of sp³-hybridized carbons (Fsp3) is 0.231. The number of hydrogen-bond donors (Lipinski definition) is 1. The lowest BCUT2D eigenvalue weighted by atomic mass is 10.3. The van der Waals surface area contributed by atoms with Crippen molar-refractivity contribution in [3.8, 4) is 11.8 Å². The van der Waals surface area contributed by atoms with Crippen LogP contribution in [0.15, 0.2) is 36.7 Å². The molecule has 2 aromatic rings. The Balaban J connectivity index is 2.02. The van der Waals surface area contributed by atoms with Crippen molar-refractivity contribution in [2.24, 2.45) is 0 Å². The highest BCUT2D eigenvalue weighted by molar-refractivity contribution is 6.30. The minimum Gasteiger partial charge on any atom is -0.424 e. The van der Waals surface area contributed by atoms with Crippen LogP contribution in [0, 0.1) is 0 Å². The van der Waals surface area contributed by atoms with Crippen molar-refractivity contribution < 1.29 is 4.74 Å². The van der Waals surface area contributed by atoms with E-state index in [4.69, 9.17) is 16.3 Å². The fourth-order valence-corrected chi connectivity index (χ4v) is 1.57. The van der Waals surface area contributed by atoms with Gasteiger partial charge in [-0.15, -0.1) is 0 Å². The molecule has 0 amide bonds.